The van der Waals surface area contributed by atoms with Crippen molar-refractivity contribution in [3.8, 4) is 11.4 Å². The van der Waals surface area contributed by atoms with Gasteiger partial charge in [0.15, 0.2) is 5.13 Å². The number of amides is 2. The van der Waals surface area contributed by atoms with Crippen molar-refractivity contribution in [3.63, 3.8) is 0 Å². The van der Waals surface area contributed by atoms with Crippen LogP contribution < -0.4 is 10.6 Å². The third kappa shape index (κ3) is 6.08. The van der Waals surface area contributed by atoms with E-state index in [2.05, 4.69) is 30.7 Å². The molecule has 0 aliphatic carbocycles. The average molecular weight is 483 g/mol. The molecule has 2 amide bonds. The molecule has 0 aliphatic heterocycles. The lowest BCUT2D eigenvalue weighted by Gasteiger charge is -2.18. The minimum absolute atomic E-state index is 0.0298. The predicted octanol–water partition coefficient (Wildman–Crippen LogP) is 3.89. The fourth-order valence-corrected chi connectivity index (χ4v) is 4.49. The summed E-state index contributed by atoms with van der Waals surface area (Å²) < 4.78 is 5.43. The van der Waals surface area contributed by atoms with Crippen LogP contribution in [-0.2, 0) is 22.4 Å². The average Bonchev–Trinajstić information content (AvgIpc) is 3.55. The van der Waals surface area contributed by atoms with Gasteiger partial charge in [0.2, 0.25) is 23.5 Å². The van der Waals surface area contributed by atoms with Gasteiger partial charge in [-0.15, -0.1) is 22.7 Å². The lowest BCUT2D eigenvalue weighted by atomic mass is 10.0. The Kier molecular flexibility index (Phi) is 7.20. The number of anilines is 1. The van der Waals surface area contributed by atoms with E-state index in [4.69, 9.17) is 4.52 Å². The molecule has 1 unspecified atom stereocenters. The molecule has 0 radical (unpaired) electrons. The van der Waals surface area contributed by atoms with Crippen molar-refractivity contribution in [1.29, 1.82) is 0 Å². The Hall–Kier alpha value is -3.44. The number of hydrogen-bond donors (Lipinski definition) is 2. The van der Waals surface area contributed by atoms with E-state index in [1.54, 1.807) is 29.9 Å². The van der Waals surface area contributed by atoms with E-state index in [0.29, 0.717) is 29.0 Å². The summed E-state index contributed by atoms with van der Waals surface area (Å²) in [7, 11) is 0. The van der Waals surface area contributed by atoms with Crippen LogP contribution in [0.1, 0.15) is 36.4 Å². The van der Waals surface area contributed by atoms with Crippen molar-refractivity contribution in [2.75, 3.05) is 5.32 Å². The van der Waals surface area contributed by atoms with Crippen LogP contribution >= 0.6 is 22.7 Å². The molecule has 0 saturated heterocycles. The van der Waals surface area contributed by atoms with Crippen LogP contribution in [0.5, 0.6) is 0 Å². The van der Waals surface area contributed by atoms with Gasteiger partial charge in [-0.3, -0.25) is 14.6 Å². The van der Waals surface area contributed by atoms with Gasteiger partial charge in [0.25, 0.3) is 0 Å². The van der Waals surface area contributed by atoms with E-state index in [9.17, 15) is 9.59 Å². The second-order valence-electron chi connectivity index (χ2n) is 7.61. The van der Waals surface area contributed by atoms with Crippen LogP contribution in [0, 0.1) is 5.92 Å². The van der Waals surface area contributed by atoms with E-state index in [1.165, 1.54) is 22.7 Å². The van der Waals surface area contributed by atoms with Gasteiger partial charge in [0, 0.05) is 28.2 Å². The first-order valence-electron chi connectivity index (χ1n) is 10.3. The maximum absolute atomic E-state index is 12.7. The summed E-state index contributed by atoms with van der Waals surface area (Å²) in [6.07, 6.45) is 3.68. The van der Waals surface area contributed by atoms with Gasteiger partial charge in [0.05, 0.1) is 18.5 Å². The maximum Gasteiger partial charge on any atom is 0.249 e. The van der Waals surface area contributed by atoms with Crippen molar-refractivity contribution >= 4 is 39.6 Å². The van der Waals surface area contributed by atoms with Crippen LogP contribution in [0.15, 0.2) is 51.9 Å². The van der Waals surface area contributed by atoms with Gasteiger partial charge in [-0.25, -0.2) is 4.98 Å². The number of hydrogen-bond acceptors (Lipinski definition) is 9. The Morgan fingerprint density at radius 1 is 1.06 bits per heavy atom. The van der Waals surface area contributed by atoms with Crippen LogP contribution in [0.4, 0.5) is 5.13 Å². The highest BCUT2D eigenvalue weighted by Gasteiger charge is 2.25. The van der Waals surface area contributed by atoms with Gasteiger partial charge < -0.3 is 15.2 Å². The lowest BCUT2D eigenvalue weighted by molar-refractivity contribution is -0.121. The van der Waals surface area contributed by atoms with Crippen molar-refractivity contribution in [3.05, 3.63) is 63.9 Å². The number of carbonyl (C=O) groups excluding carboxylic acids is 2. The molecule has 11 heteroatoms. The van der Waals surface area contributed by atoms with Gasteiger partial charge in [-0.05, 0) is 29.5 Å². The number of pyridine rings is 1. The molecule has 4 aromatic heterocycles. The molecule has 0 bridgehead atoms. The van der Waals surface area contributed by atoms with Gasteiger partial charge in [0.1, 0.15) is 6.04 Å². The van der Waals surface area contributed by atoms with Crippen molar-refractivity contribution in [2.24, 2.45) is 5.92 Å². The molecule has 2 N–H and O–H groups in total. The Bertz CT molecular complexity index is 1200. The van der Waals surface area contributed by atoms with Crippen molar-refractivity contribution in [1.82, 2.24) is 25.4 Å². The molecule has 170 valence electrons. The third-order valence-corrected chi connectivity index (χ3v) is 6.37. The van der Waals surface area contributed by atoms with Crippen LogP contribution in [-0.4, -0.2) is 31.9 Å². The molecule has 4 rings (SSSR count). The second-order valence-corrected chi connectivity index (χ2v) is 9.50. The molecule has 0 aliphatic rings. The highest BCUT2D eigenvalue weighted by molar-refractivity contribution is 7.14. The Balaban J connectivity index is 1.35. The van der Waals surface area contributed by atoms with Crippen LogP contribution in [0.25, 0.3) is 11.4 Å². The quantitative estimate of drug-likeness (QED) is 0.371. The Labute approximate surface area is 198 Å². The first kappa shape index (κ1) is 22.7. The van der Waals surface area contributed by atoms with E-state index in [1.807, 2.05) is 31.4 Å². The van der Waals surface area contributed by atoms with Crippen LogP contribution in [0.2, 0.25) is 0 Å². The fraction of sp³-hybridized carbons (Fsp3) is 0.273. The third-order valence-electron chi connectivity index (χ3n) is 4.68. The molecule has 0 aromatic carbocycles. The summed E-state index contributed by atoms with van der Waals surface area (Å²) >= 11 is 2.82. The monoisotopic (exact) mass is 482 g/mol. The summed E-state index contributed by atoms with van der Waals surface area (Å²) in [5, 5.41) is 13.9. The minimum atomic E-state index is -0.441. The summed E-state index contributed by atoms with van der Waals surface area (Å²) in [5.74, 6) is 0.449. The van der Waals surface area contributed by atoms with Crippen molar-refractivity contribution < 1.29 is 14.1 Å². The van der Waals surface area contributed by atoms with Gasteiger partial charge in [-0.1, -0.05) is 25.1 Å². The Morgan fingerprint density at radius 2 is 1.88 bits per heavy atom. The smallest absolute Gasteiger partial charge is 0.249 e. The minimum Gasteiger partial charge on any atom is -0.344 e. The zero-order valence-electron chi connectivity index (χ0n) is 18.0. The number of rotatable bonds is 9. The second kappa shape index (κ2) is 10.5. The largest absolute Gasteiger partial charge is 0.344 e. The lowest BCUT2D eigenvalue weighted by Crippen LogP contribution is -2.33. The highest BCUT2D eigenvalue weighted by atomic mass is 32.1. The summed E-state index contributed by atoms with van der Waals surface area (Å²) in [4.78, 5) is 38.6. The molecule has 4 heterocycles. The normalized spacial score (nSPS) is 12.0. The number of nitrogens with one attached hydrogen (secondary N) is 2. The zero-order valence-corrected chi connectivity index (χ0v) is 19.7. The maximum atomic E-state index is 12.7. The summed E-state index contributed by atoms with van der Waals surface area (Å²) in [6.45, 7) is 3.93. The van der Waals surface area contributed by atoms with E-state index in [-0.39, 0.29) is 24.2 Å². The van der Waals surface area contributed by atoms with Gasteiger partial charge in [-0.2, -0.15) is 4.98 Å². The molecule has 33 heavy (non-hydrogen) atoms. The Morgan fingerprint density at radius 3 is 2.61 bits per heavy atom. The number of thiazole rings is 1. The summed E-state index contributed by atoms with van der Waals surface area (Å²) in [6, 6.07) is 6.96. The fourth-order valence-electron chi connectivity index (χ4n) is 3.06. The van der Waals surface area contributed by atoms with Gasteiger partial charge >= 0.3 is 0 Å². The van der Waals surface area contributed by atoms with Crippen LogP contribution in [0.3, 0.4) is 0 Å². The molecule has 9 nitrogen and oxygen atoms in total. The molecule has 0 fully saturated rings. The summed E-state index contributed by atoms with van der Waals surface area (Å²) in [5.41, 5.74) is 1.36. The van der Waals surface area contributed by atoms with E-state index >= 15 is 0 Å². The van der Waals surface area contributed by atoms with E-state index in [0.717, 1.165) is 10.4 Å². The molecule has 0 spiro atoms. The SMILES string of the molecule is CC(C)C(NC(=O)Cc1csc(NC(=O)Cc2cccs2)n1)c1nc(-c2ccncc2)no1. The standard InChI is InChI=1S/C22H22N6O3S2/c1-13(2)19(21-27-20(28-31-21)14-5-7-23-8-6-14)25-17(29)10-15-12-33-22(24-15)26-18(30)11-16-4-3-9-32-16/h3-9,12-13,19H,10-11H2,1-2H3,(H,25,29)(H,24,26,30). The molecular formula is C22H22N6O3S2. The topological polar surface area (TPSA) is 123 Å². The highest BCUT2D eigenvalue weighted by Crippen LogP contribution is 2.24. The van der Waals surface area contributed by atoms with E-state index < -0.39 is 6.04 Å². The zero-order chi connectivity index (χ0) is 23.2. The molecule has 1 atom stereocenters. The predicted molar refractivity (Wildman–Crippen MR) is 126 cm³/mol. The number of carbonyl (C=O) groups is 2. The number of thiophene rings is 1. The number of nitrogens with zero attached hydrogens (tertiary/aromatic N) is 4. The molecule has 0 saturated carbocycles. The number of aromatic nitrogens is 4. The van der Waals surface area contributed by atoms with Crippen molar-refractivity contribution in [2.45, 2.75) is 32.7 Å². The molecule has 4 aromatic rings. The molecular weight excluding hydrogens is 460 g/mol. The first-order valence-corrected chi connectivity index (χ1v) is 12.0. The first-order chi connectivity index (χ1) is 16.0.